The van der Waals surface area contributed by atoms with Crippen LogP contribution in [0.4, 0.5) is 0 Å². The van der Waals surface area contributed by atoms with Gasteiger partial charge in [-0.05, 0) is 18.1 Å². The quantitative estimate of drug-likeness (QED) is 0.839. The number of fused-ring (bicyclic) bond motifs is 1. The number of nitrogens with zero attached hydrogens (tertiary/aromatic N) is 1. The van der Waals surface area contributed by atoms with Crippen molar-refractivity contribution in [3.8, 4) is 0 Å². The van der Waals surface area contributed by atoms with Crippen LogP contribution in [-0.2, 0) is 16.1 Å². The predicted octanol–water partition coefficient (Wildman–Crippen LogP) is 0.468. The van der Waals surface area contributed by atoms with E-state index in [1.165, 1.54) is 0 Å². The zero-order valence-corrected chi connectivity index (χ0v) is 12.0. The van der Waals surface area contributed by atoms with Crippen molar-refractivity contribution in [2.24, 2.45) is 0 Å². The zero-order chi connectivity index (χ0) is 14.5. The lowest BCUT2D eigenvalue weighted by Gasteiger charge is -2.25. The van der Waals surface area contributed by atoms with E-state index in [9.17, 15) is 9.59 Å². The molecular weight excluding hydrogens is 254 g/mol. The normalized spacial score (nSPS) is 17.2. The third-order valence-corrected chi connectivity index (χ3v) is 3.72. The fourth-order valence-corrected chi connectivity index (χ4v) is 2.33. The number of hydrogen-bond donors (Lipinski definition) is 2. The minimum absolute atomic E-state index is 0.0574. The van der Waals surface area contributed by atoms with E-state index in [4.69, 9.17) is 0 Å². The molecule has 0 bridgehead atoms. The average Bonchev–Trinajstić information content (AvgIpc) is 2.50. The van der Waals surface area contributed by atoms with Gasteiger partial charge in [0.1, 0.15) is 0 Å². The van der Waals surface area contributed by atoms with Crippen molar-refractivity contribution in [1.82, 2.24) is 15.5 Å². The van der Waals surface area contributed by atoms with Gasteiger partial charge in [-0.1, -0.05) is 24.3 Å². The minimum Gasteiger partial charge on any atom is -0.346 e. The second-order valence-corrected chi connectivity index (χ2v) is 5.01. The fraction of sp³-hybridized carbons (Fsp3) is 0.467. The van der Waals surface area contributed by atoms with Crippen molar-refractivity contribution < 1.29 is 9.59 Å². The van der Waals surface area contributed by atoms with Gasteiger partial charge < -0.3 is 15.5 Å². The summed E-state index contributed by atoms with van der Waals surface area (Å²) < 4.78 is 0. The van der Waals surface area contributed by atoms with Gasteiger partial charge >= 0.3 is 0 Å². The summed E-state index contributed by atoms with van der Waals surface area (Å²) in [6, 6.07) is 7.93. The van der Waals surface area contributed by atoms with E-state index in [0.717, 1.165) is 17.7 Å². The fourth-order valence-electron chi connectivity index (χ4n) is 2.33. The van der Waals surface area contributed by atoms with Gasteiger partial charge in [0.15, 0.2) is 0 Å². The number of carbonyl (C=O) groups is 2. The summed E-state index contributed by atoms with van der Waals surface area (Å²) in [5, 5.41) is 5.98. The van der Waals surface area contributed by atoms with Crippen LogP contribution in [0, 0.1) is 0 Å². The molecule has 108 valence electrons. The van der Waals surface area contributed by atoms with Crippen LogP contribution in [0.25, 0.3) is 0 Å². The largest absolute Gasteiger partial charge is 0.346 e. The number of likely N-dealkylation sites (N-methyl/N-ethyl adjacent to an activating group) is 1. The predicted molar refractivity (Wildman–Crippen MR) is 77.2 cm³/mol. The monoisotopic (exact) mass is 275 g/mol. The summed E-state index contributed by atoms with van der Waals surface area (Å²) in [4.78, 5) is 25.5. The summed E-state index contributed by atoms with van der Waals surface area (Å²) in [5.41, 5.74) is 2.20. The number of benzene rings is 1. The smallest absolute Gasteiger partial charge is 0.241 e. The SMILES string of the molecule is CCN(C)C(=O)CNC(=O)C1CNCc2ccccc21. The molecule has 1 aliphatic heterocycles. The minimum atomic E-state index is -0.223. The molecule has 0 aromatic heterocycles. The topological polar surface area (TPSA) is 61.4 Å². The third-order valence-electron chi connectivity index (χ3n) is 3.72. The Hall–Kier alpha value is -1.88. The van der Waals surface area contributed by atoms with Crippen molar-refractivity contribution in [1.29, 1.82) is 0 Å². The highest BCUT2D eigenvalue weighted by Gasteiger charge is 2.26. The molecule has 0 aliphatic carbocycles. The lowest BCUT2D eigenvalue weighted by Crippen LogP contribution is -2.43. The summed E-state index contributed by atoms with van der Waals surface area (Å²) >= 11 is 0. The van der Waals surface area contributed by atoms with Gasteiger partial charge in [-0.2, -0.15) is 0 Å². The summed E-state index contributed by atoms with van der Waals surface area (Å²) in [6.07, 6.45) is 0. The van der Waals surface area contributed by atoms with E-state index in [1.54, 1.807) is 11.9 Å². The number of hydrogen-bond acceptors (Lipinski definition) is 3. The van der Waals surface area contributed by atoms with Crippen LogP contribution < -0.4 is 10.6 Å². The first-order valence-corrected chi connectivity index (χ1v) is 6.93. The van der Waals surface area contributed by atoms with Gasteiger partial charge in [-0.3, -0.25) is 9.59 Å². The molecule has 0 saturated carbocycles. The van der Waals surface area contributed by atoms with Crippen LogP contribution in [-0.4, -0.2) is 43.4 Å². The molecule has 0 fully saturated rings. The molecule has 1 heterocycles. The van der Waals surface area contributed by atoms with Crippen molar-refractivity contribution in [2.75, 3.05) is 26.7 Å². The number of rotatable bonds is 4. The molecule has 0 saturated heterocycles. The highest BCUT2D eigenvalue weighted by atomic mass is 16.2. The molecular formula is C15H21N3O2. The number of carbonyl (C=O) groups excluding carboxylic acids is 2. The summed E-state index contributed by atoms with van der Waals surface area (Å²) in [7, 11) is 1.73. The van der Waals surface area contributed by atoms with Crippen molar-refractivity contribution in [3.63, 3.8) is 0 Å². The van der Waals surface area contributed by atoms with Gasteiger partial charge in [0, 0.05) is 26.7 Å². The average molecular weight is 275 g/mol. The first-order chi connectivity index (χ1) is 9.63. The highest BCUT2D eigenvalue weighted by Crippen LogP contribution is 2.23. The molecule has 1 aromatic carbocycles. The van der Waals surface area contributed by atoms with Gasteiger partial charge in [0.05, 0.1) is 12.5 Å². The van der Waals surface area contributed by atoms with Crippen molar-refractivity contribution >= 4 is 11.8 Å². The van der Waals surface area contributed by atoms with E-state index < -0.39 is 0 Å². The lowest BCUT2D eigenvalue weighted by molar-refractivity contribution is -0.132. The molecule has 0 radical (unpaired) electrons. The number of amides is 2. The van der Waals surface area contributed by atoms with E-state index in [2.05, 4.69) is 10.6 Å². The highest BCUT2D eigenvalue weighted by molar-refractivity contribution is 5.89. The van der Waals surface area contributed by atoms with Crippen LogP contribution in [0.5, 0.6) is 0 Å². The molecule has 5 nitrogen and oxygen atoms in total. The van der Waals surface area contributed by atoms with Crippen LogP contribution in [0.2, 0.25) is 0 Å². The van der Waals surface area contributed by atoms with Gasteiger partial charge in [0.2, 0.25) is 11.8 Å². The third kappa shape index (κ3) is 3.17. The van der Waals surface area contributed by atoms with E-state index in [-0.39, 0.29) is 24.3 Å². The maximum atomic E-state index is 12.3. The number of nitrogens with one attached hydrogen (secondary N) is 2. The van der Waals surface area contributed by atoms with Crippen LogP contribution in [0.1, 0.15) is 24.0 Å². The van der Waals surface area contributed by atoms with E-state index >= 15 is 0 Å². The second-order valence-electron chi connectivity index (χ2n) is 5.01. The Morgan fingerprint density at radius 2 is 2.15 bits per heavy atom. The molecule has 1 aromatic rings. The second kappa shape index (κ2) is 6.52. The van der Waals surface area contributed by atoms with Gasteiger partial charge in [-0.25, -0.2) is 0 Å². The molecule has 20 heavy (non-hydrogen) atoms. The van der Waals surface area contributed by atoms with Crippen LogP contribution >= 0.6 is 0 Å². The zero-order valence-electron chi connectivity index (χ0n) is 12.0. The maximum absolute atomic E-state index is 12.3. The Bertz CT molecular complexity index is 502. The maximum Gasteiger partial charge on any atom is 0.241 e. The molecule has 0 spiro atoms. The molecule has 1 atom stereocenters. The first kappa shape index (κ1) is 14.5. The van der Waals surface area contributed by atoms with E-state index in [0.29, 0.717) is 13.1 Å². The molecule has 1 aliphatic rings. The van der Waals surface area contributed by atoms with Crippen LogP contribution in [0.3, 0.4) is 0 Å². The van der Waals surface area contributed by atoms with Crippen molar-refractivity contribution in [2.45, 2.75) is 19.4 Å². The van der Waals surface area contributed by atoms with Crippen LogP contribution in [0.15, 0.2) is 24.3 Å². The molecule has 1 unspecified atom stereocenters. The summed E-state index contributed by atoms with van der Waals surface area (Å²) in [5.74, 6) is -0.389. The Kier molecular flexibility index (Phi) is 4.74. The molecule has 5 heteroatoms. The molecule has 2 N–H and O–H groups in total. The Balaban J connectivity index is 1.99. The van der Waals surface area contributed by atoms with Gasteiger partial charge in [-0.15, -0.1) is 0 Å². The lowest BCUT2D eigenvalue weighted by atomic mass is 9.90. The van der Waals surface area contributed by atoms with E-state index in [1.807, 2.05) is 31.2 Å². The first-order valence-electron chi connectivity index (χ1n) is 6.93. The van der Waals surface area contributed by atoms with Gasteiger partial charge in [0.25, 0.3) is 0 Å². The molecule has 2 rings (SSSR count). The molecule has 2 amide bonds. The Morgan fingerprint density at radius 1 is 1.40 bits per heavy atom. The summed E-state index contributed by atoms with van der Waals surface area (Å²) in [6.45, 7) is 4.00. The Labute approximate surface area is 119 Å². The standard InChI is InChI=1S/C15H21N3O2/c1-3-18(2)14(19)10-17-15(20)13-9-16-8-11-6-4-5-7-12(11)13/h4-7,13,16H,3,8-10H2,1-2H3,(H,17,20). The van der Waals surface area contributed by atoms with Crippen molar-refractivity contribution in [3.05, 3.63) is 35.4 Å². The Morgan fingerprint density at radius 3 is 2.90 bits per heavy atom.